The minimum atomic E-state index is -0.0794. The summed E-state index contributed by atoms with van der Waals surface area (Å²) in [5, 5.41) is 0. The summed E-state index contributed by atoms with van der Waals surface area (Å²) in [4.78, 5) is 0. The molecule has 0 saturated carbocycles. The van der Waals surface area contributed by atoms with Crippen LogP contribution in [0.1, 0.15) is 32.6 Å². The molecule has 0 aromatic rings. The minimum Gasteiger partial charge on any atom is -0.330 e. The molecule has 0 rings (SSSR count). The van der Waals surface area contributed by atoms with Crippen molar-refractivity contribution in [2.45, 2.75) is 44.5 Å². The standard InChI is InChI=1S/C8H19BN2/c1-8(11,5-7-10)4-2-3-6-9/h2-7,10-11H2,1H3. The molecule has 0 spiro atoms. The lowest BCUT2D eigenvalue weighted by Gasteiger charge is -2.23. The summed E-state index contributed by atoms with van der Waals surface area (Å²) in [6.07, 6.45) is 4.87. The minimum absolute atomic E-state index is 0.0794. The molecule has 1 unspecified atom stereocenters. The quantitative estimate of drug-likeness (QED) is 0.439. The molecule has 0 amide bonds. The second-order valence-corrected chi connectivity index (χ2v) is 3.44. The smallest absolute Gasteiger partial charge is 0.0653 e. The van der Waals surface area contributed by atoms with Gasteiger partial charge >= 0.3 is 0 Å². The Morgan fingerprint density at radius 1 is 1.27 bits per heavy atom. The molecule has 0 heterocycles. The predicted molar refractivity (Wildman–Crippen MR) is 50.7 cm³/mol. The Morgan fingerprint density at radius 3 is 2.36 bits per heavy atom. The molecule has 4 N–H and O–H groups in total. The van der Waals surface area contributed by atoms with Crippen molar-refractivity contribution < 1.29 is 0 Å². The average molecular weight is 154 g/mol. The first-order valence-electron chi connectivity index (χ1n) is 4.31. The van der Waals surface area contributed by atoms with Gasteiger partial charge in [-0.1, -0.05) is 19.2 Å². The van der Waals surface area contributed by atoms with Crippen LogP contribution in [-0.2, 0) is 0 Å². The second-order valence-electron chi connectivity index (χ2n) is 3.44. The third kappa shape index (κ3) is 6.39. The number of unbranched alkanes of at least 4 members (excludes halogenated alkanes) is 1. The summed E-state index contributed by atoms with van der Waals surface area (Å²) in [6.45, 7) is 2.73. The van der Waals surface area contributed by atoms with Gasteiger partial charge in [-0.2, -0.15) is 0 Å². The van der Waals surface area contributed by atoms with E-state index in [4.69, 9.17) is 19.3 Å². The fourth-order valence-electron chi connectivity index (χ4n) is 1.13. The first kappa shape index (κ1) is 11.0. The third-order valence-electron chi connectivity index (χ3n) is 1.92. The summed E-state index contributed by atoms with van der Waals surface area (Å²) < 4.78 is 0. The summed E-state index contributed by atoms with van der Waals surface area (Å²) in [5.41, 5.74) is 11.3. The molecule has 2 radical (unpaired) electrons. The molecule has 11 heavy (non-hydrogen) atoms. The fourth-order valence-corrected chi connectivity index (χ4v) is 1.13. The van der Waals surface area contributed by atoms with Gasteiger partial charge in [-0.05, 0) is 26.3 Å². The summed E-state index contributed by atoms with van der Waals surface area (Å²) in [6, 6.07) is 0. The van der Waals surface area contributed by atoms with Crippen molar-refractivity contribution in [3.63, 3.8) is 0 Å². The molecular formula is C8H19BN2. The number of hydrogen-bond donors (Lipinski definition) is 2. The second kappa shape index (κ2) is 5.61. The van der Waals surface area contributed by atoms with Crippen LogP contribution in [0.15, 0.2) is 0 Å². The van der Waals surface area contributed by atoms with Crippen molar-refractivity contribution >= 4 is 7.85 Å². The van der Waals surface area contributed by atoms with Crippen LogP contribution < -0.4 is 11.5 Å². The van der Waals surface area contributed by atoms with Crippen LogP contribution in [0.2, 0.25) is 6.32 Å². The van der Waals surface area contributed by atoms with Gasteiger partial charge in [-0.15, -0.1) is 0 Å². The zero-order valence-corrected chi connectivity index (χ0v) is 7.47. The summed E-state index contributed by atoms with van der Waals surface area (Å²) in [5.74, 6) is 0. The normalized spacial score (nSPS) is 16.3. The predicted octanol–water partition coefficient (Wildman–Crippen LogP) is 0.810. The van der Waals surface area contributed by atoms with Crippen molar-refractivity contribution in [1.82, 2.24) is 0 Å². The van der Waals surface area contributed by atoms with Gasteiger partial charge in [0.25, 0.3) is 0 Å². The van der Waals surface area contributed by atoms with E-state index in [9.17, 15) is 0 Å². The number of hydrogen-bond acceptors (Lipinski definition) is 2. The highest BCUT2D eigenvalue weighted by Gasteiger charge is 2.15. The summed E-state index contributed by atoms with van der Waals surface area (Å²) >= 11 is 0. The molecule has 64 valence electrons. The monoisotopic (exact) mass is 154 g/mol. The Kier molecular flexibility index (Phi) is 5.60. The van der Waals surface area contributed by atoms with E-state index in [1.807, 2.05) is 0 Å². The van der Waals surface area contributed by atoms with E-state index in [0.29, 0.717) is 6.54 Å². The summed E-state index contributed by atoms with van der Waals surface area (Å²) in [7, 11) is 5.37. The molecule has 3 heteroatoms. The lowest BCUT2D eigenvalue weighted by Crippen LogP contribution is -2.38. The van der Waals surface area contributed by atoms with Crippen LogP contribution in [0, 0.1) is 0 Å². The Morgan fingerprint density at radius 2 is 1.91 bits per heavy atom. The van der Waals surface area contributed by atoms with Crippen LogP contribution in [0.4, 0.5) is 0 Å². The molecule has 2 nitrogen and oxygen atoms in total. The largest absolute Gasteiger partial charge is 0.330 e. The lowest BCUT2D eigenvalue weighted by molar-refractivity contribution is 0.393. The maximum atomic E-state index is 5.95. The van der Waals surface area contributed by atoms with Gasteiger partial charge in [0.2, 0.25) is 0 Å². The topological polar surface area (TPSA) is 52.0 Å². The van der Waals surface area contributed by atoms with Crippen LogP contribution in [0.25, 0.3) is 0 Å². The average Bonchev–Trinajstić information content (AvgIpc) is 1.87. The molecule has 0 aliphatic carbocycles. The third-order valence-corrected chi connectivity index (χ3v) is 1.92. The van der Waals surface area contributed by atoms with Gasteiger partial charge in [0.05, 0.1) is 7.85 Å². The van der Waals surface area contributed by atoms with Crippen LogP contribution in [0.3, 0.4) is 0 Å². The van der Waals surface area contributed by atoms with Gasteiger partial charge in [0.15, 0.2) is 0 Å². The zero-order valence-electron chi connectivity index (χ0n) is 7.47. The Labute approximate surface area is 71.1 Å². The SMILES string of the molecule is [B]CCCCC(C)(N)CCN. The van der Waals surface area contributed by atoms with Crippen molar-refractivity contribution in [3.05, 3.63) is 0 Å². The van der Waals surface area contributed by atoms with Crippen molar-refractivity contribution in [2.24, 2.45) is 11.5 Å². The maximum absolute atomic E-state index is 5.95. The van der Waals surface area contributed by atoms with E-state index in [2.05, 4.69) is 6.92 Å². The van der Waals surface area contributed by atoms with E-state index in [1.54, 1.807) is 0 Å². The van der Waals surface area contributed by atoms with Gasteiger partial charge in [-0.25, -0.2) is 0 Å². The van der Waals surface area contributed by atoms with Crippen molar-refractivity contribution in [3.8, 4) is 0 Å². The Bertz CT molecular complexity index is 94.1. The highest BCUT2D eigenvalue weighted by atomic mass is 14.7. The van der Waals surface area contributed by atoms with Gasteiger partial charge in [0, 0.05) is 5.54 Å². The number of nitrogens with two attached hydrogens (primary N) is 2. The highest BCUT2D eigenvalue weighted by Crippen LogP contribution is 2.14. The first-order chi connectivity index (χ1) is 5.12. The highest BCUT2D eigenvalue weighted by molar-refractivity contribution is 6.08. The van der Waals surface area contributed by atoms with Crippen molar-refractivity contribution in [2.75, 3.05) is 6.54 Å². The van der Waals surface area contributed by atoms with Crippen molar-refractivity contribution in [1.29, 1.82) is 0 Å². The molecule has 0 aliphatic rings. The Balaban J connectivity index is 3.38. The lowest BCUT2D eigenvalue weighted by atomic mass is 9.90. The van der Waals surface area contributed by atoms with E-state index in [0.717, 1.165) is 32.0 Å². The molecule has 0 bridgehead atoms. The first-order valence-corrected chi connectivity index (χ1v) is 4.31. The maximum Gasteiger partial charge on any atom is 0.0653 e. The van der Waals surface area contributed by atoms with Gasteiger partial charge < -0.3 is 11.5 Å². The molecule has 0 fully saturated rings. The molecule has 0 aliphatic heterocycles. The molecule has 0 aromatic carbocycles. The molecular weight excluding hydrogens is 135 g/mol. The van der Waals surface area contributed by atoms with Crippen LogP contribution in [-0.4, -0.2) is 19.9 Å². The van der Waals surface area contributed by atoms with Gasteiger partial charge in [0.1, 0.15) is 0 Å². The van der Waals surface area contributed by atoms with E-state index in [-0.39, 0.29) is 5.54 Å². The Hall–Kier alpha value is -0.0151. The fraction of sp³-hybridized carbons (Fsp3) is 1.00. The van der Waals surface area contributed by atoms with E-state index in [1.165, 1.54) is 0 Å². The van der Waals surface area contributed by atoms with Crippen LogP contribution in [0.5, 0.6) is 0 Å². The van der Waals surface area contributed by atoms with E-state index >= 15 is 0 Å². The van der Waals surface area contributed by atoms with Crippen LogP contribution >= 0.6 is 0 Å². The zero-order chi connectivity index (χ0) is 8.74. The molecule has 0 saturated heterocycles. The molecule has 0 aromatic heterocycles. The molecule has 1 atom stereocenters. The van der Waals surface area contributed by atoms with Gasteiger partial charge in [-0.3, -0.25) is 0 Å². The van der Waals surface area contributed by atoms with E-state index < -0.39 is 0 Å². The number of rotatable bonds is 6.